The molecule has 0 fully saturated rings. The summed E-state index contributed by atoms with van der Waals surface area (Å²) in [6, 6.07) is 0. The molecular weight excluding hydrogens is 818 g/mol. The van der Waals surface area contributed by atoms with Gasteiger partial charge in [-0.25, -0.2) is 4.57 Å². The lowest BCUT2D eigenvalue weighted by molar-refractivity contribution is -0.154. The highest BCUT2D eigenvalue weighted by atomic mass is 31.2. The Balaban J connectivity index is 3.89. The first kappa shape index (κ1) is 62.5. The van der Waals surface area contributed by atoms with E-state index in [2.05, 4.69) is 62.5 Å². The molecule has 0 aliphatic carbocycles. The highest BCUT2D eigenvalue weighted by Crippen LogP contribution is 2.43. The van der Waals surface area contributed by atoms with Crippen LogP contribution in [0.2, 0.25) is 0 Å². The molecule has 0 spiro atoms. The second-order valence-electron chi connectivity index (χ2n) is 18.1. The molecule has 9 heteroatoms. The molecular formula is C55H104NO7P. The van der Waals surface area contributed by atoms with Crippen LogP contribution in [0.5, 0.6) is 0 Å². The predicted octanol–water partition coefficient (Wildman–Crippen LogP) is 17.1. The zero-order valence-corrected chi connectivity index (χ0v) is 42.9. The summed E-state index contributed by atoms with van der Waals surface area (Å²) >= 11 is 0. The Morgan fingerprint density at radius 2 is 0.875 bits per heavy atom. The first-order chi connectivity index (χ1) is 31.4. The minimum absolute atomic E-state index is 0.0976. The van der Waals surface area contributed by atoms with Crippen molar-refractivity contribution < 1.29 is 32.8 Å². The zero-order valence-electron chi connectivity index (χ0n) is 42.0. The zero-order chi connectivity index (χ0) is 46.5. The molecule has 64 heavy (non-hydrogen) atoms. The number of phosphoric acid groups is 1. The van der Waals surface area contributed by atoms with Crippen LogP contribution in [0, 0.1) is 0 Å². The van der Waals surface area contributed by atoms with E-state index in [-0.39, 0.29) is 32.3 Å². The van der Waals surface area contributed by atoms with Crippen LogP contribution in [0.15, 0.2) is 48.6 Å². The molecule has 8 nitrogen and oxygen atoms in total. The number of carbonyl (C=O) groups excluding carboxylic acids is 1. The fourth-order valence-corrected chi connectivity index (χ4v) is 8.58. The number of rotatable bonds is 52. The molecule has 0 rings (SSSR count). The summed E-state index contributed by atoms with van der Waals surface area (Å²) in [4.78, 5) is 22.6. The Labute approximate surface area is 396 Å². The van der Waals surface area contributed by atoms with Gasteiger partial charge in [-0.15, -0.1) is 0 Å². The van der Waals surface area contributed by atoms with Crippen LogP contribution < -0.4 is 5.73 Å². The summed E-state index contributed by atoms with van der Waals surface area (Å²) in [5.74, 6) is -0.330. The third-order valence-corrected chi connectivity index (χ3v) is 12.7. The van der Waals surface area contributed by atoms with Crippen LogP contribution in [0.1, 0.15) is 258 Å². The summed E-state index contributed by atoms with van der Waals surface area (Å²) in [5.41, 5.74) is 5.39. The van der Waals surface area contributed by atoms with Crippen molar-refractivity contribution in [1.29, 1.82) is 0 Å². The standard InChI is InChI=1S/C55H104NO7P/c1-3-5-7-9-11-13-15-17-19-21-23-25-26-27-28-29-30-32-34-36-38-40-42-44-46-48-55(57)63-54(53-62-64(58,59)61-51-49-56)52-60-50-47-45-43-41-39-37-35-33-31-24-22-20-18-16-14-12-10-8-6-4-2/h6,8,12,14,18,20,24,31,54H,3-5,7,9-11,13,15-17,19,21-23,25-30,32-53,56H2,1-2H3,(H,58,59)/b8-6-,14-12-,20-18-,31-24-. The van der Waals surface area contributed by atoms with Gasteiger partial charge < -0.3 is 20.1 Å². The second-order valence-corrected chi connectivity index (χ2v) is 19.5. The van der Waals surface area contributed by atoms with Gasteiger partial charge in [-0.05, 0) is 51.4 Å². The van der Waals surface area contributed by atoms with Gasteiger partial charge in [0.05, 0.1) is 19.8 Å². The van der Waals surface area contributed by atoms with Crippen molar-refractivity contribution in [2.24, 2.45) is 5.73 Å². The quantitative estimate of drug-likeness (QED) is 0.0268. The summed E-state index contributed by atoms with van der Waals surface area (Å²) in [7, 11) is -4.29. The summed E-state index contributed by atoms with van der Waals surface area (Å²) < 4.78 is 33.6. The number of allylic oxidation sites excluding steroid dienone is 8. The summed E-state index contributed by atoms with van der Waals surface area (Å²) in [5, 5.41) is 0. The Kier molecular flexibility index (Phi) is 51.2. The van der Waals surface area contributed by atoms with Crippen LogP contribution in [0.3, 0.4) is 0 Å². The first-order valence-corrected chi connectivity index (χ1v) is 28.6. The van der Waals surface area contributed by atoms with Gasteiger partial charge in [-0.2, -0.15) is 0 Å². The maximum atomic E-state index is 12.7. The first-order valence-electron chi connectivity index (χ1n) is 27.1. The molecule has 3 N–H and O–H groups in total. The number of nitrogens with two attached hydrogens (primary N) is 1. The van der Waals surface area contributed by atoms with Crippen LogP contribution in [-0.2, 0) is 27.9 Å². The molecule has 0 saturated heterocycles. The average molecular weight is 922 g/mol. The number of hydrogen-bond donors (Lipinski definition) is 2. The largest absolute Gasteiger partial charge is 0.472 e. The normalized spacial score (nSPS) is 13.6. The number of phosphoric ester groups is 1. The molecule has 2 unspecified atom stereocenters. The van der Waals surface area contributed by atoms with Crippen molar-refractivity contribution in [3.05, 3.63) is 48.6 Å². The van der Waals surface area contributed by atoms with Crippen LogP contribution in [0.4, 0.5) is 0 Å². The molecule has 0 heterocycles. The SMILES string of the molecule is CC/C=C\C/C=C\C/C=C\C/C=C\CCCCCCCCCOCC(COP(=O)(O)OCCN)OC(=O)CCCCCCCCCCCCCCCCCCCCCCCCCCC. The Bertz CT molecular complexity index is 1130. The second kappa shape index (κ2) is 52.4. The molecule has 0 aromatic heterocycles. The number of hydrogen-bond acceptors (Lipinski definition) is 7. The minimum atomic E-state index is -4.29. The van der Waals surface area contributed by atoms with E-state index in [1.54, 1.807) is 0 Å². The number of unbranched alkanes of at least 4 members (excludes halogenated alkanes) is 31. The lowest BCUT2D eigenvalue weighted by atomic mass is 10.0. The lowest BCUT2D eigenvalue weighted by Crippen LogP contribution is -2.28. The molecule has 0 aliphatic rings. The van der Waals surface area contributed by atoms with Gasteiger partial charge in [0, 0.05) is 19.6 Å². The van der Waals surface area contributed by atoms with Gasteiger partial charge in [-0.3, -0.25) is 13.8 Å². The topological polar surface area (TPSA) is 117 Å². The maximum absolute atomic E-state index is 12.7. The summed E-state index contributed by atoms with van der Waals surface area (Å²) in [6.45, 7) is 4.83. The van der Waals surface area contributed by atoms with Crippen LogP contribution in [0.25, 0.3) is 0 Å². The molecule has 0 aromatic carbocycles. The fourth-order valence-electron chi connectivity index (χ4n) is 7.81. The highest BCUT2D eigenvalue weighted by Gasteiger charge is 2.25. The van der Waals surface area contributed by atoms with Gasteiger partial charge in [0.1, 0.15) is 6.10 Å². The maximum Gasteiger partial charge on any atom is 0.472 e. The molecule has 376 valence electrons. The van der Waals surface area contributed by atoms with Gasteiger partial charge in [0.15, 0.2) is 0 Å². The van der Waals surface area contributed by atoms with Gasteiger partial charge in [0.2, 0.25) is 0 Å². The van der Waals surface area contributed by atoms with Crippen molar-refractivity contribution in [2.75, 3.05) is 33.0 Å². The number of ether oxygens (including phenoxy) is 2. The molecule has 0 aromatic rings. The molecule has 0 aliphatic heterocycles. The van der Waals surface area contributed by atoms with E-state index in [9.17, 15) is 14.3 Å². The molecule has 0 amide bonds. The smallest absolute Gasteiger partial charge is 0.457 e. The van der Waals surface area contributed by atoms with E-state index in [4.69, 9.17) is 24.3 Å². The van der Waals surface area contributed by atoms with Crippen molar-refractivity contribution >= 4 is 13.8 Å². The third-order valence-electron chi connectivity index (χ3n) is 11.8. The number of carbonyl (C=O) groups is 1. The Hall–Kier alpha value is -1.54. The Morgan fingerprint density at radius 3 is 1.31 bits per heavy atom. The molecule has 2 atom stereocenters. The predicted molar refractivity (Wildman–Crippen MR) is 275 cm³/mol. The van der Waals surface area contributed by atoms with E-state index in [1.165, 1.54) is 173 Å². The van der Waals surface area contributed by atoms with E-state index >= 15 is 0 Å². The fraction of sp³-hybridized carbons (Fsp3) is 0.836. The molecule has 0 radical (unpaired) electrons. The lowest BCUT2D eigenvalue weighted by Gasteiger charge is -2.20. The van der Waals surface area contributed by atoms with Crippen molar-refractivity contribution in [1.82, 2.24) is 0 Å². The van der Waals surface area contributed by atoms with Crippen molar-refractivity contribution in [3.63, 3.8) is 0 Å². The average Bonchev–Trinajstić information content (AvgIpc) is 3.29. The van der Waals surface area contributed by atoms with E-state index in [0.29, 0.717) is 13.0 Å². The third kappa shape index (κ3) is 51.4. The van der Waals surface area contributed by atoms with Crippen LogP contribution >= 0.6 is 7.82 Å². The monoisotopic (exact) mass is 922 g/mol. The van der Waals surface area contributed by atoms with Crippen molar-refractivity contribution in [2.45, 2.75) is 264 Å². The van der Waals surface area contributed by atoms with E-state index in [0.717, 1.165) is 64.2 Å². The van der Waals surface area contributed by atoms with Crippen molar-refractivity contribution in [3.8, 4) is 0 Å². The molecule has 0 saturated carbocycles. The minimum Gasteiger partial charge on any atom is -0.457 e. The van der Waals surface area contributed by atoms with Gasteiger partial charge in [-0.1, -0.05) is 249 Å². The van der Waals surface area contributed by atoms with E-state index in [1.807, 2.05) is 0 Å². The number of esters is 1. The van der Waals surface area contributed by atoms with Gasteiger partial charge in [0.25, 0.3) is 0 Å². The van der Waals surface area contributed by atoms with Gasteiger partial charge >= 0.3 is 13.8 Å². The summed E-state index contributed by atoms with van der Waals surface area (Å²) in [6.07, 6.45) is 64.4. The molecule has 0 bridgehead atoms. The highest BCUT2D eigenvalue weighted by molar-refractivity contribution is 7.47. The van der Waals surface area contributed by atoms with Crippen LogP contribution in [-0.4, -0.2) is 49.9 Å². The van der Waals surface area contributed by atoms with E-state index < -0.39 is 13.9 Å². The Morgan fingerprint density at radius 1 is 0.484 bits per heavy atom.